The molecule has 0 aliphatic heterocycles. The fourth-order valence-electron chi connectivity index (χ4n) is 1.52. The van der Waals surface area contributed by atoms with E-state index in [0.717, 1.165) is 0 Å². The van der Waals surface area contributed by atoms with Crippen LogP contribution in [0, 0.1) is 0 Å². The Morgan fingerprint density at radius 1 is 1.40 bits per heavy atom. The molecule has 3 N–H and O–H groups in total. The van der Waals surface area contributed by atoms with Crippen molar-refractivity contribution in [2.24, 2.45) is 0 Å². The summed E-state index contributed by atoms with van der Waals surface area (Å²) >= 11 is 0.344. The van der Waals surface area contributed by atoms with E-state index in [9.17, 15) is 14.7 Å². The number of ether oxygens (including phenoxy) is 1. The molecule has 0 aliphatic carbocycles. The minimum absolute atomic E-state index is 0. The Morgan fingerprint density at radius 2 is 2.00 bits per heavy atom. The van der Waals surface area contributed by atoms with Crippen molar-refractivity contribution in [1.29, 1.82) is 0 Å². The number of hydrogen-bond acceptors (Lipinski definition) is 5. The van der Waals surface area contributed by atoms with Gasteiger partial charge in [0, 0.05) is 0 Å². The summed E-state index contributed by atoms with van der Waals surface area (Å²) < 4.78 is 5.59. The van der Waals surface area contributed by atoms with Gasteiger partial charge in [-0.05, 0) is 0 Å². The number of nitrogens with zero attached hydrogens (tertiary/aromatic N) is 1. The number of amides is 2. The minimum atomic E-state index is -1.38. The maximum Gasteiger partial charge on any atom is -0.870 e. The molecule has 0 aliphatic rings. The normalized spacial score (nSPS) is 11.2. The average Bonchev–Trinajstić information content (AvgIpc) is 2.43. The quantitative estimate of drug-likeness (QED) is 0.620. The van der Waals surface area contributed by atoms with E-state index in [4.69, 9.17) is 9.84 Å². The Labute approximate surface area is 132 Å². The molecule has 0 fully saturated rings. The maximum atomic E-state index is 12.2. The van der Waals surface area contributed by atoms with E-state index in [2.05, 4.69) is 0 Å². The van der Waals surface area contributed by atoms with Crippen molar-refractivity contribution >= 4 is 12.0 Å². The SMILES string of the molecule is COc1ccccc1C(=O)N(CC(O)[CH2][Hg+])C(=O)O.[OH-]. The molecule has 106 valence electrons. The van der Waals surface area contributed by atoms with Crippen LogP contribution in [0.4, 0.5) is 4.79 Å². The molecule has 1 aromatic carbocycles. The topological polar surface area (TPSA) is 117 Å². The van der Waals surface area contributed by atoms with Crippen molar-refractivity contribution in [3.8, 4) is 5.75 Å². The van der Waals surface area contributed by atoms with Gasteiger partial charge in [0.25, 0.3) is 0 Å². The molecule has 7 nitrogen and oxygen atoms in total. The molecular formula is C12H15HgNO6. The van der Waals surface area contributed by atoms with Gasteiger partial charge in [0.2, 0.25) is 0 Å². The Kier molecular flexibility index (Phi) is 8.36. The number of hydrogen-bond donors (Lipinski definition) is 2. The smallest absolute Gasteiger partial charge is 0.870 e. The first-order valence-corrected chi connectivity index (χ1v) is 9.55. The molecule has 0 bridgehead atoms. The van der Waals surface area contributed by atoms with Gasteiger partial charge in [0.05, 0.1) is 0 Å². The van der Waals surface area contributed by atoms with Crippen molar-refractivity contribution in [2.75, 3.05) is 13.7 Å². The summed E-state index contributed by atoms with van der Waals surface area (Å²) in [5.41, 5.74) is 0.165. The fourth-order valence-corrected chi connectivity index (χ4v) is 2.23. The fraction of sp³-hybridized carbons (Fsp3) is 0.333. The number of rotatable bonds is 5. The summed E-state index contributed by atoms with van der Waals surface area (Å²) in [6.07, 6.45) is -2.17. The third-order valence-corrected chi connectivity index (χ3v) is 5.13. The van der Waals surface area contributed by atoms with Crippen LogP contribution in [0.2, 0.25) is 3.93 Å². The van der Waals surface area contributed by atoms with Crippen LogP contribution < -0.4 is 4.74 Å². The molecule has 0 heterocycles. The Morgan fingerprint density at radius 3 is 2.50 bits per heavy atom. The van der Waals surface area contributed by atoms with Crippen LogP contribution in [0.1, 0.15) is 10.4 Å². The third-order valence-electron chi connectivity index (χ3n) is 2.54. The van der Waals surface area contributed by atoms with Crippen LogP contribution in [0.5, 0.6) is 5.75 Å². The molecule has 0 aromatic heterocycles. The van der Waals surface area contributed by atoms with Crippen LogP contribution in [-0.2, 0) is 26.1 Å². The van der Waals surface area contributed by atoms with Gasteiger partial charge in [-0.3, -0.25) is 0 Å². The zero-order chi connectivity index (χ0) is 14.4. The summed E-state index contributed by atoms with van der Waals surface area (Å²) in [5, 5.41) is 18.6. The molecule has 0 saturated heterocycles. The van der Waals surface area contributed by atoms with Gasteiger partial charge < -0.3 is 5.48 Å². The Hall–Kier alpha value is -1.18. The van der Waals surface area contributed by atoms with E-state index < -0.39 is 18.1 Å². The van der Waals surface area contributed by atoms with E-state index in [1.54, 1.807) is 18.2 Å². The van der Waals surface area contributed by atoms with Crippen molar-refractivity contribution < 1.29 is 56.1 Å². The standard InChI is InChI=1S/C12H14NO5.Hg.H2O/c1-8(14)7-13(12(16)17)11(15)9-5-3-4-6-10(9)18-2;;/h3-6,8,14H,1,7H2,2H3,(H,16,17);;1H2/q;+1;/p-1. The first-order valence-electron chi connectivity index (χ1n) is 5.66. The first-order chi connectivity index (χ1) is 9.01. The summed E-state index contributed by atoms with van der Waals surface area (Å²) in [7, 11) is 1.41. The molecule has 1 aromatic rings. The largest absolute Gasteiger partial charge is 0.870 e. The zero-order valence-corrected chi connectivity index (χ0v) is 16.5. The molecule has 0 saturated carbocycles. The van der Waals surface area contributed by atoms with Crippen molar-refractivity contribution in [2.45, 2.75) is 10.0 Å². The molecule has 0 spiro atoms. The zero-order valence-electron chi connectivity index (χ0n) is 11.0. The van der Waals surface area contributed by atoms with Gasteiger partial charge in [0.15, 0.2) is 0 Å². The Bertz CT molecular complexity index is 467. The van der Waals surface area contributed by atoms with Gasteiger partial charge in [0.1, 0.15) is 0 Å². The number of aliphatic hydroxyl groups excluding tert-OH is 1. The number of aliphatic hydroxyl groups is 1. The minimum Gasteiger partial charge on any atom is -0.870 e. The second-order valence-electron chi connectivity index (χ2n) is 3.84. The molecule has 1 rings (SSSR count). The van der Waals surface area contributed by atoms with E-state index in [1.807, 2.05) is 0 Å². The molecule has 2 amide bonds. The van der Waals surface area contributed by atoms with Crippen molar-refractivity contribution in [3.63, 3.8) is 0 Å². The van der Waals surface area contributed by atoms with Crippen LogP contribution in [0.15, 0.2) is 24.3 Å². The van der Waals surface area contributed by atoms with E-state index >= 15 is 0 Å². The predicted molar refractivity (Wildman–Crippen MR) is 64.8 cm³/mol. The second-order valence-corrected chi connectivity index (χ2v) is 6.09. The number of para-hydroxylation sites is 1. The summed E-state index contributed by atoms with van der Waals surface area (Å²) in [4.78, 5) is 23.9. The van der Waals surface area contributed by atoms with Crippen molar-refractivity contribution in [3.05, 3.63) is 29.8 Å². The summed E-state index contributed by atoms with van der Waals surface area (Å²) in [6.45, 7) is -0.213. The number of imide groups is 1. The average molecular weight is 470 g/mol. The second kappa shape index (κ2) is 8.88. The first kappa shape index (κ1) is 18.8. The molecule has 1 atom stereocenters. The van der Waals surface area contributed by atoms with E-state index in [-0.39, 0.29) is 17.6 Å². The molecular weight excluding hydrogens is 455 g/mol. The van der Waals surface area contributed by atoms with Gasteiger partial charge in [-0.2, -0.15) is 0 Å². The van der Waals surface area contributed by atoms with E-state index in [0.29, 0.717) is 40.7 Å². The number of carbonyl (C=O) groups is 2. The van der Waals surface area contributed by atoms with Crippen LogP contribution >= 0.6 is 0 Å². The summed E-state index contributed by atoms with van der Waals surface area (Å²) in [5.74, 6) is -0.381. The number of carboxylic acid groups (broad SMARTS) is 1. The Balaban J connectivity index is 0.00000361. The van der Waals surface area contributed by atoms with Gasteiger partial charge in [-0.1, -0.05) is 0 Å². The predicted octanol–water partition coefficient (Wildman–Crippen LogP) is 0.965. The number of carbonyl (C=O) groups excluding carboxylic acids is 1. The third kappa shape index (κ3) is 4.73. The van der Waals surface area contributed by atoms with Crippen LogP contribution in [-0.4, -0.2) is 52.3 Å². The number of benzene rings is 1. The molecule has 0 radical (unpaired) electrons. The van der Waals surface area contributed by atoms with Gasteiger partial charge >= 0.3 is 127 Å². The van der Waals surface area contributed by atoms with E-state index in [1.165, 1.54) is 13.2 Å². The van der Waals surface area contributed by atoms with Crippen LogP contribution in [0.25, 0.3) is 0 Å². The molecule has 1 unspecified atom stereocenters. The maximum absolute atomic E-state index is 12.2. The molecule has 20 heavy (non-hydrogen) atoms. The van der Waals surface area contributed by atoms with Crippen LogP contribution in [0.3, 0.4) is 0 Å². The van der Waals surface area contributed by atoms with Crippen molar-refractivity contribution in [1.82, 2.24) is 4.90 Å². The van der Waals surface area contributed by atoms with Gasteiger partial charge in [-0.25, -0.2) is 0 Å². The molecule has 8 heteroatoms. The monoisotopic (exact) mass is 471 g/mol. The number of methoxy groups -OCH3 is 1. The van der Waals surface area contributed by atoms with Gasteiger partial charge in [-0.15, -0.1) is 0 Å². The summed E-state index contributed by atoms with van der Waals surface area (Å²) in [6, 6.07) is 6.39.